The summed E-state index contributed by atoms with van der Waals surface area (Å²) in [4.78, 5) is 28.4. The molecule has 1 N–H and O–H groups in total. The molecule has 2 amide bonds. The molecular formula is C29H33Cl2N3O4S. The van der Waals surface area contributed by atoms with Gasteiger partial charge in [0, 0.05) is 22.1 Å². The van der Waals surface area contributed by atoms with Crippen LogP contribution in [0.1, 0.15) is 38.8 Å². The van der Waals surface area contributed by atoms with Gasteiger partial charge in [-0.15, -0.1) is 0 Å². The van der Waals surface area contributed by atoms with Gasteiger partial charge in [-0.1, -0.05) is 53.0 Å². The molecule has 3 aromatic carbocycles. The molecule has 3 rings (SSSR count). The lowest BCUT2D eigenvalue weighted by Crippen LogP contribution is -2.54. The normalized spacial score (nSPS) is 12.5. The van der Waals surface area contributed by atoms with E-state index >= 15 is 0 Å². The number of nitrogens with zero attached hydrogens (tertiary/aromatic N) is 2. The van der Waals surface area contributed by atoms with Gasteiger partial charge < -0.3 is 10.2 Å². The number of sulfonamides is 1. The van der Waals surface area contributed by atoms with Crippen LogP contribution in [0.15, 0.2) is 77.7 Å². The van der Waals surface area contributed by atoms with Gasteiger partial charge >= 0.3 is 0 Å². The Balaban J connectivity index is 2.02. The van der Waals surface area contributed by atoms with Crippen molar-refractivity contribution in [3.05, 3.63) is 94.0 Å². The number of benzene rings is 3. The van der Waals surface area contributed by atoms with Crippen LogP contribution in [0.2, 0.25) is 10.0 Å². The molecule has 0 aromatic heterocycles. The van der Waals surface area contributed by atoms with E-state index in [1.807, 2.05) is 27.7 Å². The predicted molar refractivity (Wildman–Crippen MR) is 157 cm³/mol. The van der Waals surface area contributed by atoms with E-state index < -0.39 is 34.1 Å². The molecule has 0 fully saturated rings. The molecular weight excluding hydrogens is 557 g/mol. The Morgan fingerprint density at radius 3 is 1.90 bits per heavy atom. The molecule has 3 aromatic rings. The Kier molecular flexibility index (Phi) is 9.69. The van der Waals surface area contributed by atoms with Gasteiger partial charge in [-0.25, -0.2) is 8.42 Å². The van der Waals surface area contributed by atoms with E-state index in [4.69, 9.17) is 23.2 Å². The van der Waals surface area contributed by atoms with Crippen LogP contribution >= 0.6 is 23.2 Å². The molecule has 208 valence electrons. The van der Waals surface area contributed by atoms with Crippen molar-refractivity contribution in [3.8, 4) is 0 Å². The highest BCUT2D eigenvalue weighted by Gasteiger charge is 2.33. The third kappa shape index (κ3) is 8.21. The Morgan fingerprint density at radius 2 is 1.38 bits per heavy atom. The molecule has 10 heteroatoms. The summed E-state index contributed by atoms with van der Waals surface area (Å²) in [5, 5.41) is 3.86. The summed E-state index contributed by atoms with van der Waals surface area (Å²) < 4.78 is 28.6. The summed E-state index contributed by atoms with van der Waals surface area (Å²) in [5.74, 6) is -0.906. The van der Waals surface area contributed by atoms with Crippen molar-refractivity contribution in [2.45, 2.75) is 57.6 Å². The third-order valence-electron chi connectivity index (χ3n) is 5.93. The molecule has 1 atom stereocenters. The lowest BCUT2D eigenvalue weighted by Gasteiger charge is -2.33. The molecule has 0 aliphatic heterocycles. The third-order valence-corrected chi connectivity index (χ3v) is 8.23. The maximum Gasteiger partial charge on any atom is 0.264 e. The summed E-state index contributed by atoms with van der Waals surface area (Å²) in [6.45, 7) is 8.57. The molecule has 0 aliphatic rings. The summed E-state index contributed by atoms with van der Waals surface area (Å²) in [5.41, 5.74) is 1.38. The molecule has 7 nitrogen and oxygen atoms in total. The van der Waals surface area contributed by atoms with Gasteiger partial charge in [0.05, 0.1) is 10.6 Å². The largest absolute Gasteiger partial charge is 0.350 e. The topological polar surface area (TPSA) is 86.8 Å². The minimum absolute atomic E-state index is 0.0404. The van der Waals surface area contributed by atoms with Gasteiger partial charge in [-0.2, -0.15) is 0 Å². The molecule has 0 saturated carbocycles. The standard InChI is InChI=1S/C29H33Cl2N3O4S/c1-20-6-16-26(17-7-20)39(37,38)34(25-14-12-24(31)13-15-25)19-27(35)33(18-22-8-10-23(30)11-9-22)21(2)28(36)32-29(3,4)5/h6-17,21H,18-19H2,1-5H3,(H,32,36)/t21-/m1/s1. The lowest BCUT2D eigenvalue weighted by molar-refractivity contribution is -0.140. The van der Waals surface area contributed by atoms with Crippen LogP contribution in [-0.4, -0.2) is 43.3 Å². The number of amides is 2. The van der Waals surface area contributed by atoms with Gasteiger partial charge in [0.2, 0.25) is 11.8 Å². The fourth-order valence-corrected chi connectivity index (χ4v) is 5.48. The highest BCUT2D eigenvalue weighted by Crippen LogP contribution is 2.26. The van der Waals surface area contributed by atoms with Crippen molar-refractivity contribution >= 4 is 50.7 Å². The fraction of sp³-hybridized carbons (Fsp3) is 0.310. The van der Waals surface area contributed by atoms with E-state index in [0.717, 1.165) is 15.4 Å². The molecule has 0 bridgehead atoms. The average Bonchev–Trinajstić information content (AvgIpc) is 2.86. The second-order valence-corrected chi connectivity index (χ2v) is 13.1. The number of hydrogen-bond donors (Lipinski definition) is 1. The first-order valence-electron chi connectivity index (χ1n) is 12.4. The molecule has 0 aliphatic carbocycles. The average molecular weight is 591 g/mol. The lowest BCUT2D eigenvalue weighted by atomic mass is 10.1. The predicted octanol–water partition coefficient (Wildman–Crippen LogP) is 5.83. The molecule has 0 saturated heterocycles. The van der Waals surface area contributed by atoms with E-state index in [1.54, 1.807) is 67.6 Å². The van der Waals surface area contributed by atoms with Crippen LogP contribution in [0.25, 0.3) is 0 Å². The van der Waals surface area contributed by atoms with Crippen LogP contribution in [-0.2, 0) is 26.2 Å². The van der Waals surface area contributed by atoms with E-state index in [9.17, 15) is 18.0 Å². The van der Waals surface area contributed by atoms with Crippen LogP contribution in [0.5, 0.6) is 0 Å². The number of anilines is 1. The van der Waals surface area contributed by atoms with E-state index in [1.165, 1.54) is 17.0 Å². The number of hydrogen-bond acceptors (Lipinski definition) is 4. The van der Waals surface area contributed by atoms with E-state index in [0.29, 0.717) is 10.0 Å². The second-order valence-electron chi connectivity index (χ2n) is 10.4. The van der Waals surface area contributed by atoms with Crippen LogP contribution in [0, 0.1) is 6.92 Å². The fourth-order valence-electron chi connectivity index (χ4n) is 3.82. The van der Waals surface area contributed by atoms with Crippen molar-refractivity contribution in [1.82, 2.24) is 10.2 Å². The summed E-state index contributed by atoms with van der Waals surface area (Å²) in [7, 11) is -4.14. The first-order valence-corrected chi connectivity index (χ1v) is 14.6. The van der Waals surface area contributed by atoms with Crippen molar-refractivity contribution in [2.75, 3.05) is 10.8 Å². The monoisotopic (exact) mass is 589 g/mol. The summed E-state index contributed by atoms with van der Waals surface area (Å²) in [6.07, 6.45) is 0. The van der Waals surface area contributed by atoms with Crippen molar-refractivity contribution in [2.24, 2.45) is 0 Å². The minimum atomic E-state index is -4.14. The first-order chi connectivity index (χ1) is 18.2. The number of halogens is 2. The molecule has 39 heavy (non-hydrogen) atoms. The smallest absolute Gasteiger partial charge is 0.264 e. The Hall–Kier alpha value is -3.07. The molecule has 0 spiro atoms. The maximum atomic E-state index is 13.9. The van der Waals surface area contributed by atoms with Gasteiger partial charge in [0.25, 0.3) is 10.0 Å². The zero-order valence-electron chi connectivity index (χ0n) is 22.6. The van der Waals surface area contributed by atoms with Crippen molar-refractivity contribution in [1.29, 1.82) is 0 Å². The van der Waals surface area contributed by atoms with Gasteiger partial charge in [0.1, 0.15) is 12.6 Å². The highest BCUT2D eigenvalue weighted by atomic mass is 35.5. The van der Waals surface area contributed by atoms with Crippen molar-refractivity contribution in [3.63, 3.8) is 0 Å². The van der Waals surface area contributed by atoms with Gasteiger partial charge in [0.15, 0.2) is 0 Å². The number of nitrogens with one attached hydrogen (secondary N) is 1. The second kappa shape index (κ2) is 12.4. The number of carbonyl (C=O) groups excluding carboxylic acids is 2. The Morgan fingerprint density at radius 1 is 0.872 bits per heavy atom. The van der Waals surface area contributed by atoms with Crippen LogP contribution < -0.4 is 9.62 Å². The minimum Gasteiger partial charge on any atom is -0.350 e. The van der Waals surface area contributed by atoms with Crippen molar-refractivity contribution < 1.29 is 18.0 Å². The summed E-state index contributed by atoms with van der Waals surface area (Å²) >= 11 is 12.1. The zero-order chi connectivity index (χ0) is 29.0. The first kappa shape index (κ1) is 30.5. The number of aryl methyl sites for hydroxylation is 1. The SMILES string of the molecule is Cc1ccc(S(=O)(=O)N(CC(=O)N(Cc2ccc(Cl)cc2)[C@H](C)C(=O)NC(C)(C)C)c2ccc(Cl)cc2)cc1. The van der Waals surface area contributed by atoms with E-state index in [-0.39, 0.29) is 23.0 Å². The number of rotatable bonds is 9. The zero-order valence-corrected chi connectivity index (χ0v) is 24.9. The molecule has 0 unspecified atom stereocenters. The van der Waals surface area contributed by atoms with Crippen LogP contribution in [0.3, 0.4) is 0 Å². The maximum absolute atomic E-state index is 13.9. The van der Waals surface area contributed by atoms with Crippen LogP contribution in [0.4, 0.5) is 5.69 Å². The number of carbonyl (C=O) groups is 2. The molecule has 0 radical (unpaired) electrons. The van der Waals surface area contributed by atoms with Gasteiger partial charge in [-0.3, -0.25) is 13.9 Å². The highest BCUT2D eigenvalue weighted by molar-refractivity contribution is 7.92. The summed E-state index contributed by atoms with van der Waals surface area (Å²) in [6, 6.07) is 18.6. The Bertz CT molecular complexity index is 1400. The van der Waals surface area contributed by atoms with Gasteiger partial charge in [-0.05, 0) is 88.7 Å². The Labute approximate surface area is 240 Å². The quantitative estimate of drug-likeness (QED) is 0.340. The molecule has 0 heterocycles. The van der Waals surface area contributed by atoms with E-state index in [2.05, 4.69) is 5.32 Å².